The zero-order valence-corrected chi connectivity index (χ0v) is 19.1. The van der Waals surface area contributed by atoms with Gasteiger partial charge in [-0.15, -0.1) is 12.4 Å². The first-order chi connectivity index (χ1) is 15.6. The van der Waals surface area contributed by atoms with Crippen LogP contribution in [0.15, 0.2) is 71.9 Å². The largest absolute Gasteiger partial charge is 0.480 e. The van der Waals surface area contributed by atoms with Crippen molar-refractivity contribution >= 4 is 34.2 Å². The highest BCUT2D eigenvalue weighted by atomic mass is 35.5. The number of alkyl halides is 3. The lowest BCUT2D eigenvalue weighted by atomic mass is 10.1. The highest BCUT2D eigenvalue weighted by Crippen LogP contribution is 2.29. The monoisotopic (exact) mass is 516 g/mol. The van der Waals surface area contributed by atoms with E-state index in [4.69, 9.17) is 5.11 Å². The number of hydrogen-bond donors (Lipinski definition) is 2. The maximum absolute atomic E-state index is 13.3. The second-order valence-corrected chi connectivity index (χ2v) is 8.86. The average molecular weight is 517 g/mol. The van der Waals surface area contributed by atoms with Gasteiger partial charge in [0.25, 0.3) is 0 Å². The molecule has 0 bridgehead atoms. The van der Waals surface area contributed by atoms with Gasteiger partial charge in [-0.25, -0.2) is 13.4 Å². The van der Waals surface area contributed by atoms with Crippen molar-refractivity contribution in [2.45, 2.75) is 24.2 Å². The minimum Gasteiger partial charge on any atom is -0.480 e. The van der Waals surface area contributed by atoms with E-state index in [2.05, 4.69) is 15.3 Å². The second kappa shape index (κ2) is 11.3. The molecule has 8 nitrogen and oxygen atoms in total. The first kappa shape index (κ1) is 27.0. The first-order valence-corrected chi connectivity index (χ1v) is 11.0. The fourth-order valence-corrected chi connectivity index (χ4v) is 4.25. The van der Waals surface area contributed by atoms with E-state index in [9.17, 15) is 26.4 Å². The zero-order valence-electron chi connectivity index (χ0n) is 17.4. The first-order valence-electron chi connectivity index (χ1n) is 9.53. The Kier molecular flexibility index (Phi) is 8.96. The van der Waals surface area contributed by atoms with Gasteiger partial charge in [-0.3, -0.25) is 9.78 Å². The molecule has 0 spiro atoms. The van der Waals surface area contributed by atoms with Gasteiger partial charge in [-0.1, -0.05) is 18.2 Å². The number of benzene rings is 1. The molecule has 0 aliphatic rings. The van der Waals surface area contributed by atoms with Gasteiger partial charge in [0.05, 0.1) is 17.8 Å². The maximum atomic E-state index is 13.3. The maximum Gasteiger partial charge on any atom is 0.416 e. The molecule has 2 heterocycles. The minimum absolute atomic E-state index is 0. The number of pyridine rings is 2. The second-order valence-electron chi connectivity index (χ2n) is 6.92. The lowest BCUT2D eigenvalue weighted by Gasteiger charge is -2.22. The van der Waals surface area contributed by atoms with E-state index in [0.717, 1.165) is 16.4 Å². The molecule has 0 amide bonds. The third-order valence-electron chi connectivity index (χ3n) is 4.48. The standard InChI is InChI=1S/C21H19F3N4O4S.ClH/c22-21(23,24)16-8-6-15(7-9-16)13-28(33(31,32)18-4-2-10-25-11-18)14-17-3-1-5-19(27-17)26-12-20(29)30;/h1-11H,12-14H2,(H,26,27)(H,29,30);1H. The highest BCUT2D eigenvalue weighted by Gasteiger charge is 2.30. The highest BCUT2D eigenvalue weighted by molar-refractivity contribution is 7.89. The van der Waals surface area contributed by atoms with Crippen LogP contribution in [0.5, 0.6) is 0 Å². The molecule has 0 aliphatic heterocycles. The van der Waals surface area contributed by atoms with E-state index >= 15 is 0 Å². The Morgan fingerprint density at radius 3 is 2.32 bits per heavy atom. The number of sulfonamides is 1. The van der Waals surface area contributed by atoms with Crippen LogP contribution in [0.3, 0.4) is 0 Å². The molecule has 3 rings (SSSR count). The normalized spacial score (nSPS) is 11.6. The van der Waals surface area contributed by atoms with Crippen LogP contribution in [0, 0.1) is 0 Å². The van der Waals surface area contributed by atoms with Crippen LogP contribution >= 0.6 is 12.4 Å². The topological polar surface area (TPSA) is 112 Å². The lowest BCUT2D eigenvalue weighted by molar-refractivity contribution is -0.137. The summed E-state index contributed by atoms with van der Waals surface area (Å²) in [5.74, 6) is -0.853. The summed E-state index contributed by atoms with van der Waals surface area (Å²) in [5.41, 5.74) is -0.188. The fourth-order valence-electron chi connectivity index (χ4n) is 2.89. The van der Waals surface area contributed by atoms with Crippen LogP contribution in [0.2, 0.25) is 0 Å². The quantitative estimate of drug-likeness (QED) is 0.445. The summed E-state index contributed by atoms with van der Waals surface area (Å²) >= 11 is 0. The summed E-state index contributed by atoms with van der Waals surface area (Å²) in [6.45, 7) is -0.801. The minimum atomic E-state index is -4.51. The third kappa shape index (κ3) is 7.14. The van der Waals surface area contributed by atoms with Crippen molar-refractivity contribution in [2.75, 3.05) is 11.9 Å². The van der Waals surface area contributed by atoms with Crippen molar-refractivity contribution in [3.63, 3.8) is 0 Å². The van der Waals surface area contributed by atoms with Gasteiger partial charge >= 0.3 is 12.1 Å². The molecular formula is C21H20ClF3N4O4S. The van der Waals surface area contributed by atoms with Crippen LogP contribution in [-0.2, 0) is 34.1 Å². The van der Waals surface area contributed by atoms with E-state index < -0.39 is 27.7 Å². The van der Waals surface area contributed by atoms with Crippen molar-refractivity contribution in [1.29, 1.82) is 0 Å². The third-order valence-corrected chi connectivity index (χ3v) is 6.25. The van der Waals surface area contributed by atoms with E-state index in [1.807, 2.05) is 0 Å². The van der Waals surface area contributed by atoms with E-state index in [0.29, 0.717) is 11.3 Å². The molecular weight excluding hydrogens is 497 g/mol. The summed E-state index contributed by atoms with van der Waals surface area (Å²) in [6.07, 6.45) is -1.92. The van der Waals surface area contributed by atoms with Gasteiger partial charge in [0.2, 0.25) is 10.0 Å². The lowest BCUT2D eigenvalue weighted by Crippen LogP contribution is -2.31. The van der Waals surface area contributed by atoms with E-state index in [1.165, 1.54) is 42.7 Å². The summed E-state index contributed by atoms with van der Waals surface area (Å²) in [4.78, 5) is 18.7. The molecule has 0 radical (unpaired) electrons. The number of halogens is 4. The zero-order chi connectivity index (χ0) is 24.1. The van der Waals surface area contributed by atoms with Crippen LogP contribution in [-0.4, -0.2) is 40.3 Å². The number of nitrogens with zero attached hydrogens (tertiary/aromatic N) is 3. The summed E-state index contributed by atoms with van der Waals surface area (Å²) in [7, 11) is -4.08. The Morgan fingerprint density at radius 1 is 1.03 bits per heavy atom. The van der Waals surface area contributed by atoms with Crippen LogP contribution in [0.25, 0.3) is 0 Å². The Balaban J connectivity index is 0.00000408. The van der Waals surface area contributed by atoms with Crippen molar-refractivity contribution in [3.05, 3.63) is 83.8 Å². The van der Waals surface area contributed by atoms with Crippen LogP contribution < -0.4 is 5.32 Å². The van der Waals surface area contributed by atoms with Gasteiger partial charge in [-0.2, -0.15) is 17.5 Å². The van der Waals surface area contributed by atoms with Crippen molar-refractivity contribution in [3.8, 4) is 0 Å². The Morgan fingerprint density at radius 2 is 1.74 bits per heavy atom. The molecule has 0 saturated heterocycles. The molecule has 0 saturated carbocycles. The predicted octanol–water partition coefficient (Wildman–Crippen LogP) is 3.80. The molecule has 2 aromatic heterocycles. The number of anilines is 1. The van der Waals surface area contributed by atoms with Crippen LogP contribution in [0.1, 0.15) is 16.8 Å². The number of aliphatic carboxylic acids is 1. The van der Waals surface area contributed by atoms with Crippen molar-refractivity contribution in [2.24, 2.45) is 0 Å². The smallest absolute Gasteiger partial charge is 0.416 e. The Labute approximate surface area is 199 Å². The number of rotatable bonds is 9. The molecule has 0 fully saturated rings. The van der Waals surface area contributed by atoms with Gasteiger partial charge < -0.3 is 10.4 Å². The van der Waals surface area contributed by atoms with E-state index in [1.54, 1.807) is 12.1 Å². The van der Waals surface area contributed by atoms with Gasteiger partial charge in [0.1, 0.15) is 17.3 Å². The molecule has 0 atom stereocenters. The van der Waals surface area contributed by atoms with Crippen molar-refractivity contribution < 1.29 is 31.5 Å². The van der Waals surface area contributed by atoms with Gasteiger partial charge in [0, 0.05) is 18.9 Å². The molecule has 2 N–H and O–H groups in total. The predicted molar refractivity (Wildman–Crippen MR) is 120 cm³/mol. The Hall–Kier alpha value is -3.22. The number of carboxylic acid groups (broad SMARTS) is 1. The molecule has 0 aliphatic carbocycles. The van der Waals surface area contributed by atoms with E-state index in [-0.39, 0.29) is 42.8 Å². The van der Waals surface area contributed by atoms with Gasteiger partial charge in [0.15, 0.2) is 0 Å². The number of nitrogens with one attached hydrogen (secondary N) is 1. The SMILES string of the molecule is Cl.O=C(O)CNc1cccc(CN(Cc2ccc(C(F)(F)F)cc2)S(=O)(=O)c2cccnc2)n1. The molecule has 13 heteroatoms. The van der Waals surface area contributed by atoms with Gasteiger partial charge in [-0.05, 0) is 42.0 Å². The van der Waals surface area contributed by atoms with Crippen LogP contribution in [0.4, 0.5) is 19.0 Å². The Bertz CT molecular complexity index is 1210. The molecule has 34 heavy (non-hydrogen) atoms. The average Bonchev–Trinajstić information content (AvgIpc) is 2.78. The number of carbonyl (C=O) groups is 1. The molecule has 0 unspecified atom stereocenters. The molecule has 3 aromatic rings. The number of carboxylic acids is 1. The fraction of sp³-hybridized carbons (Fsp3) is 0.190. The van der Waals surface area contributed by atoms with Crippen molar-refractivity contribution in [1.82, 2.24) is 14.3 Å². The molecule has 1 aromatic carbocycles. The summed E-state index contributed by atoms with van der Waals surface area (Å²) in [6, 6.07) is 11.7. The molecule has 182 valence electrons. The summed E-state index contributed by atoms with van der Waals surface area (Å²) < 4.78 is 66.2. The number of aromatic nitrogens is 2. The number of hydrogen-bond acceptors (Lipinski definition) is 6. The summed E-state index contributed by atoms with van der Waals surface area (Å²) in [5, 5.41) is 11.4.